The highest BCUT2D eigenvalue weighted by molar-refractivity contribution is 5.94. The van der Waals surface area contributed by atoms with Crippen molar-refractivity contribution in [1.82, 2.24) is 5.32 Å². The van der Waals surface area contributed by atoms with E-state index in [4.69, 9.17) is 4.74 Å². The van der Waals surface area contributed by atoms with Crippen LogP contribution >= 0.6 is 0 Å². The molecule has 0 aliphatic heterocycles. The van der Waals surface area contributed by atoms with Crippen molar-refractivity contribution < 1.29 is 12.4 Å². The lowest BCUT2D eigenvalue weighted by Gasteiger charge is -2.16. The van der Waals surface area contributed by atoms with Crippen LogP contribution in [0.25, 0.3) is 0 Å². The summed E-state index contributed by atoms with van der Waals surface area (Å²) in [5.74, 6) is 0.578. The molecule has 4 nitrogen and oxygen atoms in total. The molecule has 0 fully saturated rings. The Morgan fingerprint density at radius 2 is 1.95 bits per heavy atom. The Balaban J connectivity index is 0.00000242. The molecule has 0 spiro atoms. The quantitative estimate of drug-likeness (QED) is 0.856. The van der Waals surface area contributed by atoms with Crippen molar-refractivity contribution in [2.75, 3.05) is 19.0 Å². The highest BCUT2D eigenvalue weighted by Gasteiger charge is 2.10. The van der Waals surface area contributed by atoms with Crippen LogP contribution in [0.4, 0.5) is 5.69 Å². The third kappa shape index (κ3) is 4.53. The SMILES string of the molecule is COc1cccc(C(=O)N[C@H](C)CNc2ccccc2)c1.[HH].[HH]. The van der Waals surface area contributed by atoms with Crippen LogP contribution in [0.1, 0.15) is 20.1 Å². The second-order valence-corrected chi connectivity index (χ2v) is 4.85. The van der Waals surface area contributed by atoms with Crippen LogP contribution in [-0.2, 0) is 0 Å². The van der Waals surface area contributed by atoms with Crippen LogP contribution in [0.15, 0.2) is 54.6 Å². The van der Waals surface area contributed by atoms with E-state index in [0.717, 1.165) is 5.69 Å². The molecule has 4 heteroatoms. The minimum Gasteiger partial charge on any atom is -0.497 e. The molecule has 1 atom stereocenters. The molecule has 0 saturated carbocycles. The lowest BCUT2D eigenvalue weighted by molar-refractivity contribution is 0.0941. The largest absolute Gasteiger partial charge is 0.497 e. The van der Waals surface area contributed by atoms with Crippen molar-refractivity contribution >= 4 is 11.6 Å². The van der Waals surface area contributed by atoms with Gasteiger partial charge in [0.25, 0.3) is 5.91 Å². The molecule has 0 radical (unpaired) electrons. The van der Waals surface area contributed by atoms with Gasteiger partial charge in [-0.05, 0) is 37.3 Å². The van der Waals surface area contributed by atoms with E-state index in [2.05, 4.69) is 10.6 Å². The fourth-order valence-corrected chi connectivity index (χ4v) is 1.95. The Hall–Kier alpha value is -2.49. The summed E-state index contributed by atoms with van der Waals surface area (Å²) in [5.41, 5.74) is 1.64. The molecule has 0 aromatic heterocycles. The summed E-state index contributed by atoms with van der Waals surface area (Å²) < 4.78 is 5.12. The van der Waals surface area contributed by atoms with Crippen molar-refractivity contribution in [3.8, 4) is 5.75 Å². The third-order valence-electron chi connectivity index (χ3n) is 3.10. The number of carbonyl (C=O) groups excluding carboxylic acids is 1. The molecule has 0 saturated heterocycles. The van der Waals surface area contributed by atoms with Gasteiger partial charge in [0.2, 0.25) is 0 Å². The summed E-state index contributed by atoms with van der Waals surface area (Å²) >= 11 is 0. The highest BCUT2D eigenvalue weighted by atomic mass is 16.5. The molecule has 2 N–H and O–H groups in total. The van der Waals surface area contributed by atoms with Gasteiger partial charge in [0, 0.05) is 26.7 Å². The third-order valence-corrected chi connectivity index (χ3v) is 3.10. The first-order valence-electron chi connectivity index (χ1n) is 6.93. The van der Waals surface area contributed by atoms with Crippen molar-refractivity contribution in [3.05, 3.63) is 60.2 Å². The number of benzene rings is 2. The molecule has 0 heterocycles. The first kappa shape index (κ1) is 14.9. The van der Waals surface area contributed by atoms with Gasteiger partial charge in [-0.15, -0.1) is 0 Å². The van der Waals surface area contributed by atoms with Crippen LogP contribution in [0.2, 0.25) is 0 Å². The Labute approximate surface area is 128 Å². The smallest absolute Gasteiger partial charge is 0.251 e. The predicted molar refractivity (Wildman–Crippen MR) is 89.1 cm³/mol. The molecule has 0 bridgehead atoms. The van der Waals surface area contributed by atoms with Gasteiger partial charge in [-0.2, -0.15) is 0 Å². The van der Waals surface area contributed by atoms with Gasteiger partial charge in [0.1, 0.15) is 5.75 Å². The van der Waals surface area contributed by atoms with E-state index < -0.39 is 0 Å². The number of anilines is 1. The maximum absolute atomic E-state index is 12.1. The Morgan fingerprint density at radius 1 is 1.19 bits per heavy atom. The number of amides is 1. The molecule has 0 unspecified atom stereocenters. The summed E-state index contributed by atoms with van der Waals surface area (Å²) in [6.45, 7) is 2.63. The zero-order valence-electron chi connectivity index (χ0n) is 12.3. The molecule has 0 aliphatic carbocycles. The topological polar surface area (TPSA) is 50.4 Å². The van der Waals surface area contributed by atoms with Crippen LogP contribution in [0, 0.1) is 0 Å². The van der Waals surface area contributed by atoms with Crippen molar-refractivity contribution in [2.24, 2.45) is 0 Å². The Bertz CT molecular complexity index is 594. The van der Waals surface area contributed by atoms with E-state index in [-0.39, 0.29) is 14.8 Å². The number of carbonyl (C=O) groups is 1. The number of nitrogens with one attached hydrogen (secondary N) is 2. The Kier molecular flexibility index (Phi) is 5.21. The zero-order chi connectivity index (χ0) is 15.1. The van der Waals surface area contributed by atoms with E-state index in [0.29, 0.717) is 17.9 Å². The summed E-state index contributed by atoms with van der Waals surface area (Å²) in [5, 5.41) is 6.25. The number of hydrogen-bond acceptors (Lipinski definition) is 3. The van der Waals surface area contributed by atoms with Gasteiger partial charge in [-0.25, -0.2) is 0 Å². The van der Waals surface area contributed by atoms with Crippen molar-refractivity contribution in [2.45, 2.75) is 13.0 Å². The molecular formula is C17H24N2O2. The maximum atomic E-state index is 12.1. The minimum absolute atomic E-state index is 0. The molecule has 21 heavy (non-hydrogen) atoms. The summed E-state index contributed by atoms with van der Waals surface area (Å²) in [7, 11) is 1.59. The molecule has 2 aromatic carbocycles. The Morgan fingerprint density at radius 3 is 2.67 bits per heavy atom. The normalized spacial score (nSPS) is 11.5. The lowest BCUT2D eigenvalue weighted by Crippen LogP contribution is -2.37. The maximum Gasteiger partial charge on any atom is 0.251 e. The van der Waals surface area contributed by atoms with Gasteiger partial charge >= 0.3 is 0 Å². The number of ether oxygens (including phenoxy) is 1. The van der Waals surface area contributed by atoms with E-state index >= 15 is 0 Å². The predicted octanol–water partition coefficient (Wildman–Crippen LogP) is 3.42. The molecule has 2 aromatic rings. The molecule has 1 amide bonds. The number of para-hydroxylation sites is 1. The number of methoxy groups -OCH3 is 1. The minimum atomic E-state index is -0.101. The molecule has 114 valence electrons. The second kappa shape index (κ2) is 7.33. The van der Waals surface area contributed by atoms with Crippen LogP contribution in [-0.4, -0.2) is 25.6 Å². The summed E-state index contributed by atoms with van der Waals surface area (Å²) in [4.78, 5) is 12.1. The molecule has 2 rings (SSSR count). The van der Waals surface area contributed by atoms with E-state index in [1.54, 1.807) is 25.3 Å². The van der Waals surface area contributed by atoms with E-state index in [9.17, 15) is 4.79 Å². The standard InChI is InChI=1S/C17H20N2O2.2H2/c1-13(12-18-15-8-4-3-5-9-15)19-17(20)14-7-6-10-16(11-14)21-2;;/h3-11,13,18H,12H2,1-2H3,(H,19,20);2*1H/t13-;;/m1../s1. The number of hydrogen-bond donors (Lipinski definition) is 2. The van der Waals surface area contributed by atoms with E-state index in [1.165, 1.54) is 0 Å². The van der Waals surface area contributed by atoms with Gasteiger partial charge < -0.3 is 15.4 Å². The summed E-state index contributed by atoms with van der Waals surface area (Å²) in [6.07, 6.45) is 0. The zero-order valence-corrected chi connectivity index (χ0v) is 12.3. The van der Waals surface area contributed by atoms with Gasteiger partial charge in [0.05, 0.1) is 7.11 Å². The summed E-state index contributed by atoms with van der Waals surface area (Å²) in [6, 6.07) is 17.1. The highest BCUT2D eigenvalue weighted by Crippen LogP contribution is 2.12. The first-order valence-corrected chi connectivity index (χ1v) is 6.93. The fourth-order valence-electron chi connectivity index (χ4n) is 1.95. The number of rotatable bonds is 6. The lowest BCUT2D eigenvalue weighted by atomic mass is 10.2. The van der Waals surface area contributed by atoms with Crippen LogP contribution in [0.5, 0.6) is 5.75 Å². The van der Waals surface area contributed by atoms with Crippen LogP contribution in [0.3, 0.4) is 0 Å². The van der Waals surface area contributed by atoms with Gasteiger partial charge in [-0.1, -0.05) is 24.3 Å². The molecular weight excluding hydrogens is 264 g/mol. The van der Waals surface area contributed by atoms with Gasteiger partial charge in [-0.3, -0.25) is 4.79 Å². The first-order chi connectivity index (χ1) is 10.2. The second-order valence-electron chi connectivity index (χ2n) is 4.85. The van der Waals surface area contributed by atoms with Gasteiger partial charge in [0.15, 0.2) is 0 Å². The van der Waals surface area contributed by atoms with Crippen LogP contribution < -0.4 is 15.4 Å². The van der Waals surface area contributed by atoms with Crippen molar-refractivity contribution in [3.63, 3.8) is 0 Å². The monoisotopic (exact) mass is 288 g/mol. The average molecular weight is 288 g/mol. The molecule has 0 aliphatic rings. The fraction of sp³-hybridized carbons (Fsp3) is 0.235. The van der Waals surface area contributed by atoms with E-state index in [1.807, 2.05) is 43.3 Å². The van der Waals surface area contributed by atoms with Crippen molar-refractivity contribution in [1.29, 1.82) is 0 Å². The average Bonchev–Trinajstić information content (AvgIpc) is 2.54.